The first-order chi connectivity index (χ1) is 9.38. The molecule has 0 saturated carbocycles. The van der Waals surface area contributed by atoms with E-state index in [4.69, 9.17) is 0 Å². The summed E-state index contributed by atoms with van der Waals surface area (Å²) in [4.78, 5) is 6.62. The molecule has 0 radical (unpaired) electrons. The average molecular weight is 253 g/mol. The van der Waals surface area contributed by atoms with Crippen molar-refractivity contribution in [2.45, 2.75) is 25.4 Å². The zero-order valence-electron chi connectivity index (χ0n) is 10.6. The minimum absolute atomic E-state index is 0.363. The molecule has 1 unspecified atom stereocenters. The molecule has 96 valence electrons. The highest BCUT2D eigenvalue weighted by atomic mass is 15.3. The van der Waals surface area contributed by atoms with Crippen LogP contribution in [0.5, 0.6) is 0 Å². The Labute approximate surface area is 112 Å². The molecule has 3 heterocycles. The summed E-state index contributed by atoms with van der Waals surface area (Å²) in [5, 5.41) is 13.4. The molecule has 0 aliphatic carbocycles. The van der Waals surface area contributed by atoms with Crippen molar-refractivity contribution in [2.24, 2.45) is 0 Å². The summed E-state index contributed by atoms with van der Waals surface area (Å²) >= 11 is 0. The summed E-state index contributed by atoms with van der Waals surface area (Å²) < 4.78 is 1.94. The van der Waals surface area contributed by atoms with Gasteiger partial charge in [0.15, 0.2) is 0 Å². The molecule has 0 amide bonds. The van der Waals surface area contributed by atoms with Gasteiger partial charge in [0, 0.05) is 25.1 Å². The molecule has 1 aliphatic rings. The van der Waals surface area contributed by atoms with Crippen molar-refractivity contribution in [3.8, 4) is 6.07 Å². The van der Waals surface area contributed by atoms with Crippen LogP contribution < -0.4 is 4.90 Å². The van der Waals surface area contributed by atoms with E-state index in [1.807, 2.05) is 23.0 Å². The predicted octanol–water partition coefficient (Wildman–Crippen LogP) is 1.82. The molecule has 1 aliphatic heterocycles. The van der Waals surface area contributed by atoms with Crippen LogP contribution in [0.1, 0.15) is 18.4 Å². The van der Waals surface area contributed by atoms with E-state index in [1.54, 1.807) is 18.5 Å². The molecule has 0 N–H and O–H groups in total. The fourth-order valence-corrected chi connectivity index (χ4v) is 2.64. The van der Waals surface area contributed by atoms with Crippen LogP contribution in [0.2, 0.25) is 0 Å². The Hall–Kier alpha value is -2.35. The largest absolute Gasteiger partial charge is 0.351 e. The summed E-state index contributed by atoms with van der Waals surface area (Å²) in [6.45, 7) is 1.80. The van der Waals surface area contributed by atoms with E-state index in [-0.39, 0.29) is 0 Å². The maximum absolute atomic E-state index is 9.19. The second-order valence-electron chi connectivity index (χ2n) is 4.70. The molecule has 1 saturated heterocycles. The Morgan fingerprint density at radius 3 is 3.11 bits per heavy atom. The molecule has 19 heavy (non-hydrogen) atoms. The minimum atomic E-state index is 0.363. The lowest BCUT2D eigenvalue weighted by atomic mass is 10.2. The van der Waals surface area contributed by atoms with Crippen LogP contribution in [0.25, 0.3) is 0 Å². The van der Waals surface area contributed by atoms with E-state index in [0.717, 1.165) is 31.7 Å². The normalized spacial score (nSPS) is 18.5. The van der Waals surface area contributed by atoms with Crippen molar-refractivity contribution in [1.82, 2.24) is 14.8 Å². The Balaban J connectivity index is 1.85. The smallest absolute Gasteiger partial charge is 0.146 e. The number of nitrogens with zero attached hydrogens (tertiary/aromatic N) is 5. The van der Waals surface area contributed by atoms with Crippen LogP contribution in [0.15, 0.2) is 36.8 Å². The number of aromatic nitrogens is 3. The van der Waals surface area contributed by atoms with Crippen molar-refractivity contribution in [3.05, 3.63) is 42.4 Å². The summed E-state index contributed by atoms with van der Waals surface area (Å²) in [5.41, 5.74) is 0.648. The number of rotatable bonds is 3. The molecule has 0 spiro atoms. The number of anilines is 1. The van der Waals surface area contributed by atoms with Crippen LogP contribution in [0.3, 0.4) is 0 Å². The number of nitriles is 1. The highest BCUT2D eigenvalue weighted by Crippen LogP contribution is 2.27. The zero-order chi connectivity index (χ0) is 13.1. The van der Waals surface area contributed by atoms with Gasteiger partial charge in [0.1, 0.15) is 11.9 Å². The summed E-state index contributed by atoms with van der Waals surface area (Å²) in [6.07, 6.45) is 7.76. The molecule has 0 bridgehead atoms. The first kappa shape index (κ1) is 11.7. The summed E-state index contributed by atoms with van der Waals surface area (Å²) in [5.74, 6) is 0.805. The highest BCUT2D eigenvalue weighted by molar-refractivity contribution is 5.54. The zero-order valence-corrected chi connectivity index (χ0v) is 10.6. The lowest BCUT2D eigenvalue weighted by Gasteiger charge is -2.26. The van der Waals surface area contributed by atoms with Gasteiger partial charge in [-0.15, -0.1) is 0 Å². The van der Waals surface area contributed by atoms with Crippen LogP contribution in [-0.4, -0.2) is 27.4 Å². The second kappa shape index (κ2) is 5.11. The van der Waals surface area contributed by atoms with Crippen molar-refractivity contribution >= 4 is 5.82 Å². The minimum Gasteiger partial charge on any atom is -0.351 e. The molecule has 0 aromatic carbocycles. The van der Waals surface area contributed by atoms with Crippen molar-refractivity contribution < 1.29 is 0 Å². The lowest BCUT2D eigenvalue weighted by Crippen LogP contribution is -2.34. The quantitative estimate of drug-likeness (QED) is 0.837. The molecule has 5 nitrogen and oxygen atoms in total. The van der Waals surface area contributed by atoms with E-state index < -0.39 is 0 Å². The van der Waals surface area contributed by atoms with Gasteiger partial charge in [0.25, 0.3) is 0 Å². The molecule has 2 aromatic rings. The van der Waals surface area contributed by atoms with E-state index in [1.165, 1.54) is 0 Å². The van der Waals surface area contributed by atoms with E-state index in [9.17, 15) is 5.26 Å². The molecular weight excluding hydrogens is 238 g/mol. The Morgan fingerprint density at radius 1 is 1.37 bits per heavy atom. The average Bonchev–Trinajstić information content (AvgIpc) is 3.11. The first-order valence-electron chi connectivity index (χ1n) is 6.47. The molecule has 2 aromatic heterocycles. The van der Waals surface area contributed by atoms with E-state index in [0.29, 0.717) is 11.6 Å². The maximum atomic E-state index is 9.19. The van der Waals surface area contributed by atoms with Crippen LogP contribution >= 0.6 is 0 Å². The fourth-order valence-electron chi connectivity index (χ4n) is 2.64. The van der Waals surface area contributed by atoms with E-state index in [2.05, 4.69) is 21.1 Å². The third-order valence-corrected chi connectivity index (χ3v) is 3.51. The highest BCUT2D eigenvalue weighted by Gasteiger charge is 2.27. The second-order valence-corrected chi connectivity index (χ2v) is 4.70. The van der Waals surface area contributed by atoms with Gasteiger partial charge in [-0.2, -0.15) is 10.4 Å². The van der Waals surface area contributed by atoms with Crippen molar-refractivity contribution in [2.75, 3.05) is 11.4 Å². The van der Waals surface area contributed by atoms with Gasteiger partial charge in [-0.1, -0.05) is 0 Å². The Bertz CT molecular complexity index is 584. The Morgan fingerprint density at radius 2 is 2.32 bits per heavy atom. The third kappa shape index (κ3) is 2.29. The van der Waals surface area contributed by atoms with Gasteiger partial charge in [-0.25, -0.2) is 4.98 Å². The molecular formula is C14H15N5. The molecule has 3 rings (SSSR count). The van der Waals surface area contributed by atoms with Gasteiger partial charge >= 0.3 is 0 Å². The van der Waals surface area contributed by atoms with Gasteiger partial charge in [-0.05, 0) is 31.0 Å². The lowest BCUT2D eigenvalue weighted by molar-refractivity contribution is 0.507. The fraction of sp³-hybridized carbons (Fsp3) is 0.357. The predicted molar refractivity (Wildman–Crippen MR) is 71.5 cm³/mol. The Kier molecular flexibility index (Phi) is 3.15. The summed E-state index contributed by atoms with van der Waals surface area (Å²) in [6, 6.07) is 8.15. The number of pyridine rings is 1. The third-order valence-electron chi connectivity index (χ3n) is 3.51. The topological polar surface area (TPSA) is 57.7 Å². The summed E-state index contributed by atoms with van der Waals surface area (Å²) in [7, 11) is 0. The molecule has 1 fully saturated rings. The van der Waals surface area contributed by atoms with Gasteiger partial charge < -0.3 is 4.90 Å². The number of hydrogen-bond donors (Lipinski definition) is 0. The first-order valence-corrected chi connectivity index (χ1v) is 6.47. The van der Waals surface area contributed by atoms with Crippen LogP contribution in [0.4, 0.5) is 5.82 Å². The van der Waals surface area contributed by atoms with Crippen LogP contribution in [0, 0.1) is 11.3 Å². The van der Waals surface area contributed by atoms with Gasteiger partial charge in [0.05, 0.1) is 18.2 Å². The van der Waals surface area contributed by atoms with Gasteiger partial charge in [-0.3, -0.25) is 4.68 Å². The van der Waals surface area contributed by atoms with Gasteiger partial charge in [0.2, 0.25) is 0 Å². The number of hydrogen-bond acceptors (Lipinski definition) is 4. The SMILES string of the molecule is N#Cc1cccnc1N1CCCC1Cn1cccn1. The van der Waals surface area contributed by atoms with Crippen molar-refractivity contribution in [3.63, 3.8) is 0 Å². The van der Waals surface area contributed by atoms with Crippen molar-refractivity contribution in [1.29, 1.82) is 5.26 Å². The molecule has 1 atom stereocenters. The molecule has 5 heteroatoms. The monoisotopic (exact) mass is 253 g/mol. The standard InChI is InChI=1S/C14H15N5/c15-10-12-4-1-6-16-14(12)19-9-2-5-13(19)11-18-8-3-7-17-18/h1,3-4,6-8,13H,2,5,9,11H2. The van der Waals surface area contributed by atoms with Crippen LogP contribution in [-0.2, 0) is 6.54 Å². The maximum Gasteiger partial charge on any atom is 0.146 e. The van der Waals surface area contributed by atoms with E-state index >= 15 is 0 Å².